The van der Waals surface area contributed by atoms with Crippen LogP contribution in [0.25, 0.3) is 10.4 Å². The molecule has 0 bridgehead atoms. The van der Waals surface area contributed by atoms with Crippen LogP contribution in [0.5, 0.6) is 0 Å². The number of esters is 1. The summed E-state index contributed by atoms with van der Waals surface area (Å²) in [6, 6.07) is 8.20. The Bertz CT molecular complexity index is 663. The third kappa shape index (κ3) is 3.45. The van der Waals surface area contributed by atoms with E-state index in [0.29, 0.717) is 10.6 Å². The van der Waals surface area contributed by atoms with Crippen molar-refractivity contribution in [3.8, 4) is 10.4 Å². The van der Waals surface area contributed by atoms with Gasteiger partial charge in [-0.1, -0.05) is 29.8 Å². The van der Waals surface area contributed by atoms with Crippen LogP contribution in [0.3, 0.4) is 0 Å². The lowest BCUT2D eigenvalue weighted by Gasteiger charge is -2.19. The number of carbonyl (C=O) groups is 1. The maximum Gasteiger partial charge on any atom is 0.351 e. The minimum atomic E-state index is -0.522. The monoisotopic (exact) mass is 303 g/mol. The first-order valence-corrected chi connectivity index (χ1v) is 7.70. The molecule has 21 heavy (non-hydrogen) atoms. The highest BCUT2D eigenvalue weighted by Gasteiger charge is 2.24. The van der Waals surface area contributed by atoms with Crippen molar-refractivity contribution in [1.29, 1.82) is 0 Å². The fourth-order valence-electron chi connectivity index (χ4n) is 1.98. The summed E-state index contributed by atoms with van der Waals surface area (Å²) in [7, 11) is 0. The van der Waals surface area contributed by atoms with Gasteiger partial charge in [-0.3, -0.25) is 0 Å². The number of nitrogen functional groups attached to an aromatic ring is 1. The summed E-state index contributed by atoms with van der Waals surface area (Å²) in [6.07, 6.45) is 0. The molecule has 2 aromatic rings. The second-order valence-corrected chi connectivity index (χ2v) is 7.19. The van der Waals surface area contributed by atoms with Gasteiger partial charge in [-0.2, -0.15) is 0 Å². The Morgan fingerprint density at radius 3 is 2.24 bits per heavy atom. The Morgan fingerprint density at radius 2 is 1.71 bits per heavy atom. The van der Waals surface area contributed by atoms with E-state index >= 15 is 0 Å². The summed E-state index contributed by atoms with van der Waals surface area (Å²) in [5, 5.41) is 0. The number of carbonyl (C=O) groups excluding carboxylic acids is 1. The number of hydrogen-bond acceptors (Lipinski definition) is 4. The van der Waals surface area contributed by atoms with Gasteiger partial charge in [0.2, 0.25) is 0 Å². The van der Waals surface area contributed by atoms with Crippen molar-refractivity contribution in [2.24, 2.45) is 0 Å². The summed E-state index contributed by atoms with van der Waals surface area (Å²) >= 11 is 1.39. The molecule has 0 radical (unpaired) electrons. The molecule has 1 heterocycles. The number of hydrogen-bond donors (Lipinski definition) is 1. The molecular formula is C17H21NO2S. The lowest BCUT2D eigenvalue weighted by atomic mass is 10.1. The van der Waals surface area contributed by atoms with Gasteiger partial charge in [0.05, 0.1) is 5.69 Å². The average Bonchev–Trinajstić information content (AvgIpc) is 2.66. The molecule has 0 unspecified atom stereocenters. The van der Waals surface area contributed by atoms with Gasteiger partial charge in [0.1, 0.15) is 10.5 Å². The molecule has 112 valence electrons. The zero-order chi connectivity index (χ0) is 15.8. The average molecular weight is 303 g/mol. The predicted molar refractivity (Wildman–Crippen MR) is 88.8 cm³/mol. The molecule has 3 nitrogen and oxygen atoms in total. The van der Waals surface area contributed by atoms with E-state index in [1.807, 2.05) is 46.8 Å². The Kier molecular flexibility index (Phi) is 4.10. The van der Waals surface area contributed by atoms with Crippen LogP contribution in [0.15, 0.2) is 24.3 Å². The maximum absolute atomic E-state index is 12.2. The van der Waals surface area contributed by atoms with E-state index in [-0.39, 0.29) is 5.97 Å². The van der Waals surface area contributed by atoms with Crippen molar-refractivity contribution in [2.75, 3.05) is 5.73 Å². The number of aryl methyl sites for hydroxylation is 1. The molecule has 0 spiro atoms. The van der Waals surface area contributed by atoms with Gasteiger partial charge in [-0.25, -0.2) is 4.79 Å². The topological polar surface area (TPSA) is 52.3 Å². The molecule has 0 aliphatic rings. The van der Waals surface area contributed by atoms with Crippen molar-refractivity contribution in [3.05, 3.63) is 40.3 Å². The molecule has 4 heteroatoms. The lowest BCUT2D eigenvalue weighted by molar-refractivity contribution is 0.00763. The predicted octanol–water partition coefficient (Wildman–Crippen LogP) is 4.57. The first-order chi connectivity index (χ1) is 9.69. The molecule has 0 saturated heterocycles. The number of anilines is 1. The molecule has 0 aliphatic carbocycles. The van der Waals surface area contributed by atoms with Crippen LogP contribution in [-0.4, -0.2) is 11.6 Å². The normalized spacial score (nSPS) is 11.5. The third-order valence-electron chi connectivity index (χ3n) is 3.09. The van der Waals surface area contributed by atoms with Crippen molar-refractivity contribution < 1.29 is 9.53 Å². The minimum Gasteiger partial charge on any atom is -0.456 e. The highest BCUT2D eigenvalue weighted by atomic mass is 32.1. The smallest absolute Gasteiger partial charge is 0.351 e. The van der Waals surface area contributed by atoms with Crippen LogP contribution in [-0.2, 0) is 4.74 Å². The first kappa shape index (κ1) is 15.6. The summed E-state index contributed by atoms with van der Waals surface area (Å²) in [6.45, 7) is 9.54. The van der Waals surface area contributed by atoms with Gasteiger partial charge in [0, 0.05) is 4.88 Å². The zero-order valence-electron chi connectivity index (χ0n) is 13.1. The number of benzene rings is 1. The van der Waals surface area contributed by atoms with Gasteiger partial charge in [-0.15, -0.1) is 11.3 Å². The summed E-state index contributed by atoms with van der Waals surface area (Å²) < 4.78 is 5.42. The van der Waals surface area contributed by atoms with Gasteiger partial charge < -0.3 is 10.5 Å². The quantitative estimate of drug-likeness (QED) is 0.827. The Labute approximate surface area is 129 Å². The van der Waals surface area contributed by atoms with Crippen molar-refractivity contribution >= 4 is 23.0 Å². The summed E-state index contributed by atoms with van der Waals surface area (Å²) in [4.78, 5) is 13.7. The fourth-order valence-corrected chi connectivity index (χ4v) is 3.09. The van der Waals surface area contributed by atoms with Crippen LogP contribution >= 0.6 is 11.3 Å². The van der Waals surface area contributed by atoms with E-state index in [0.717, 1.165) is 16.0 Å². The van der Waals surface area contributed by atoms with E-state index in [1.54, 1.807) is 0 Å². The van der Waals surface area contributed by atoms with Crippen LogP contribution < -0.4 is 5.73 Å². The van der Waals surface area contributed by atoms with Crippen LogP contribution in [0.1, 0.15) is 41.6 Å². The molecule has 0 atom stereocenters. The van der Waals surface area contributed by atoms with E-state index in [4.69, 9.17) is 10.5 Å². The Hall–Kier alpha value is -1.81. The van der Waals surface area contributed by atoms with E-state index in [9.17, 15) is 4.79 Å². The molecule has 2 N–H and O–H groups in total. The van der Waals surface area contributed by atoms with Gasteiger partial charge >= 0.3 is 5.97 Å². The van der Waals surface area contributed by atoms with Crippen molar-refractivity contribution in [3.63, 3.8) is 0 Å². The first-order valence-electron chi connectivity index (χ1n) is 6.88. The molecule has 1 aromatic carbocycles. The van der Waals surface area contributed by atoms with Crippen molar-refractivity contribution in [1.82, 2.24) is 0 Å². The standard InChI is InChI=1S/C17H21NO2S/c1-10-6-8-12(9-7-10)14-11(2)13(18)15(21-14)16(19)20-17(3,4)5/h6-9H,18H2,1-5H3. The van der Waals surface area contributed by atoms with Gasteiger partial charge in [0.25, 0.3) is 0 Å². The molecule has 0 amide bonds. The third-order valence-corrected chi connectivity index (χ3v) is 4.43. The lowest BCUT2D eigenvalue weighted by Crippen LogP contribution is -2.23. The second-order valence-electron chi connectivity index (χ2n) is 6.17. The molecular weight excluding hydrogens is 282 g/mol. The zero-order valence-corrected chi connectivity index (χ0v) is 13.9. The van der Waals surface area contributed by atoms with E-state index in [2.05, 4.69) is 12.1 Å². The highest BCUT2D eigenvalue weighted by Crippen LogP contribution is 2.38. The second kappa shape index (κ2) is 5.53. The minimum absolute atomic E-state index is 0.355. The molecule has 0 saturated carbocycles. The number of ether oxygens (including phenoxy) is 1. The molecule has 0 fully saturated rings. The molecule has 1 aromatic heterocycles. The SMILES string of the molecule is Cc1ccc(-c2sc(C(=O)OC(C)(C)C)c(N)c2C)cc1. The van der Waals surface area contributed by atoms with Crippen LogP contribution in [0, 0.1) is 13.8 Å². The molecule has 2 rings (SSSR count). The van der Waals surface area contributed by atoms with Crippen LogP contribution in [0.2, 0.25) is 0 Å². The van der Waals surface area contributed by atoms with E-state index in [1.165, 1.54) is 16.9 Å². The maximum atomic E-state index is 12.2. The van der Waals surface area contributed by atoms with Crippen molar-refractivity contribution in [2.45, 2.75) is 40.2 Å². The number of nitrogens with two attached hydrogens (primary N) is 1. The fraction of sp³-hybridized carbons (Fsp3) is 0.353. The van der Waals surface area contributed by atoms with E-state index < -0.39 is 5.60 Å². The van der Waals surface area contributed by atoms with Crippen LogP contribution in [0.4, 0.5) is 5.69 Å². The number of rotatable bonds is 2. The number of thiophene rings is 1. The highest BCUT2D eigenvalue weighted by molar-refractivity contribution is 7.18. The Balaban J connectivity index is 2.41. The molecule has 0 aliphatic heterocycles. The summed E-state index contributed by atoms with van der Waals surface area (Å²) in [5.74, 6) is -0.355. The van der Waals surface area contributed by atoms with Gasteiger partial charge in [0.15, 0.2) is 0 Å². The largest absolute Gasteiger partial charge is 0.456 e. The summed E-state index contributed by atoms with van der Waals surface area (Å²) in [5.41, 5.74) is 9.31. The van der Waals surface area contributed by atoms with Gasteiger partial charge in [-0.05, 0) is 45.7 Å². The Morgan fingerprint density at radius 1 is 1.14 bits per heavy atom.